The first kappa shape index (κ1) is 7.65. The van der Waals surface area contributed by atoms with E-state index < -0.39 is 10.0 Å². The minimum atomic E-state index is -3.25. The lowest BCUT2D eigenvalue weighted by Gasteiger charge is -2.13. The van der Waals surface area contributed by atoms with Gasteiger partial charge >= 0.3 is 0 Å². The zero-order chi connectivity index (χ0) is 6.78. The van der Waals surface area contributed by atoms with Crippen LogP contribution in [0.5, 0.6) is 0 Å². The molecule has 0 rings (SSSR count). The largest absolute Gasteiger partial charge is 0.354 e. The first-order chi connectivity index (χ1) is 3.50. The summed E-state index contributed by atoms with van der Waals surface area (Å²) < 4.78 is 21.7. The van der Waals surface area contributed by atoms with Crippen molar-refractivity contribution in [2.45, 2.75) is 0 Å². The highest BCUT2D eigenvalue weighted by atomic mass is 32.2. The van der Waals surface area contributed by atoms with Crippen LogP contribution in [0.3, 0.4) is 0 Å². The summed E-state index contributed by atoms with van der Waals surface area (Å²) in [6.45, 7) is 3.08. The zero-order valence-electron chi connectivity index (χ0n) is 4.66. The number of hydrogen-bond acceptors (Lipinski definition) is 2. The molecule has 0 aliphatic carbocycles. The predicted molar refractivity (Wildman–Crippen MR) is 32.2 cm³/mol. The minimum absolute atomic E-state index is 0.847. The monoisotopic (exact) mass is 134 g/mol. The standard InChI is InChI=1S/C4H8NO2S/c1-4-8(6,7)5(2)3/h4H,1-2H2,3H3/q-1. The van der Waals surface area contributed by atoms with E-state index >= 15 is 0 Å². The predicted octanol–water partition coefficient (Wildman–Crippen LogP) is 0.183. The molecule has 0 aliphatic rings. The van der Waals surface area contributed by atoms with Crippen LogP contribution in [0.2, 0.25) is 0 Å². The summed E-state index contributed by atoms with van der Waals surface area (Å²) in [6.07, 6.45) is 0. The van der Waals surface area contributed by atoms with Gasteiger partial charge in [-0.3, -0.25) is 7.05 Å². The Morgan fingerprint density at radius 2 is 2.12 bits per heavy atom. The molecule has 0 heterocycles. The fourth-order valence-electron chi connectivity index (χ4n) is 0.127. The second kappa shape index (κ2) is 2.28. The van der Waals surface area contributed by atoms with Gasteiger partial charge in [0.2, 0.25) is 10.0 Å². The fourth-order valence-corrected chi connectivity index (χ4v) is 0.382. The topological polar surface area (TPSA) is 37.4 Å². The highest BCUT2D eigenvalue weighted by molar-refractivity contribution is 7.92. The van der Waals surface area contributed by atoms with Gasteiger partial charge in [-0.25, -0.2) is 8.42 Å². The van der Waals surface area contributed by atoms with Gasteiger partial charge in [0.1, 0.15) is 0 Å². The van der Waals surface area contributed by atoms with Crippen LogP contribution >= 0.6 is 0 Å². The Morgan fingerprint density at radius 1 is 1.75 bits per heavy atom. The summed E-state index contributed by atoms with van der Waals surface area (Å²) in [7, 11) is 1.25. The van der Waals surface area contributed by atoms with E-state index in [0.29, 0.717) is 0 Å². The second-order valence-corrected chi connectivity index (χ2v) is 3.30. The maximum Gasteiger partial charge on any atom is 0.208 e. The third kappa shape index (κ3) is 1.63. The van der Waals surface area contributed by atoms with Crippen LogP contribution in [-0.2, 0) is 10.0 Å². The van der Waals surface area contributed by atoms with Crippen molar-refractivity contribution in [3.63, 3.8) is 0 Å². The Kier molecular flexibility index (Phi) is 2.18. The molecule has 0 atom stereocenters. The van der Waals surface area contributed by atoms with E-state index in [0.717, 1.165) is 9.71 Å². The Labute approximate surface area is 49.7 Å². The molecule has 0 bridgehead atoms. The van der Waals surface area contributed by atoms with Crippen molar-refractivity contribution in [2.75, 3.05) is 7.05 Å². The summed E-state index contributed by atoms with van der Waals surface area (Å²) in [6, 6.07) is 0. The van der Waals surface area contributed by atoms with Crippen LogP contribution in [0.1, 0.15) is 0 Å². The van der Waals surface area contributed by atoms with E-state index in [9.17, 15) is 8.42 Å². The minimum Gasteiger partial charge on any atom is -0.354 e. The summed E-state index contributed by atoms with van der Waals surface area (Å²) in [5, 5.41) is 0.847. The lowest BCUT2D eigenvalue weighted by molar-refractivity contribution is 0.548. The normalized spacial score (nSPS) is 11.9. The Morgan fingerprint density at radius 3 is 2.12 bits per heavy atom. The fraction of sp³-hybridized carbons (Fsp3) is 0.250. The molecular formula is C4H8NO2S-. The van der Waals surface area contributed by atoms with Gasteiger partial charge in [0.25, 0.3) is 0 Å². The molecule has 8 heavy (non-hydrogen) atoms. The Balaban J connectivity index is 4.40. The molecule has 48 valence electrons. The van der Waals surface area contributed by atoms with Crippen LogP contribution in [0.25, 0.3) is 0 Å². The van der Waals surface area contributed by atoms with Crippen molar-refractivity contribution < 1.29 is 8.42 Å². The molecule has 0 N–H and O–H groups in total. The Hall–Kier alpha value is -0.350. The van der Waals surface area contributed by atoms with Gasteiger partial charge in [-0.05, 0) is 7.05 Å². The molecule has 0 aromatic carbocycles. The quantitative estimate of drug-likeness (QED) is 0.505. The average molecular weight is 134 g/mol. The number of hydrogen-bond donors (Lipinski definition) is 0. The van der Waals surface area contributed by atoms with Crippen LogP contribution in [0.4, 0.5) is 0 Å². The van der Waals surface area contributed by atoms with E-state index in [1.807, 2.05) is 0 Å². The van der Waals surface area contributed by atoms with Gasteiger partial charge < -0.3 is 4.31 Å². The van der Waals surface area contributed by atoms with Crippen molar-refractivity contribution >= 4 is 10.0 Å². The molecule has 3 nitrogen and oxygen atoms in total. The van der Waals surface area contributed by atoms with Crippen molar-refractivity contribution in [3.8, 4) is 0 Å². The van der Waals surface area contributed by atoms with E-state index in [-0.39, 0.29) is 0 Å². The van der Waals surface area contributed by atoms with E-state index in [1.165, 1.54) is 7.05 Å². The van der Waals surface area contributed by atoms with Gasteiger partial charge in [-0.15, -0.1) is 0 Å². The van der Waals surface area contributed by atoms with E-state index in [1.54, 1.807) is 0 Å². The summed E-state index contributed by atoms with van der Waals surface area (Å²) >= 11 is 0. The van der Waals surface area contributed by atoms with Gasteiger partial charge in [-0.2, -0.15) is 0 Å². The molecule has 0 saturated heterocycles. The molecule has 4 heteroatoms. The van der Waals surface area contributed by atoms with Gasteiger partial charge in [0.05, 0.1) is 0 Å². The lowest BCUT2D eigenvalue weighted by atomic mass is 11.3. The maximum absolute atomic E-state index is 10.4. The highest BCUT2D eigenvalue weighted by Gasteiger charge is 1.98. The molecule has 0 aromatic heterocycles. The average Bonchev–Trinajstić information content (AvgIpc) is 1.67. The molecule has 0 aromatic rings. The number of sulfonamides is 1. The van der Waals surface area contributed by atoms with Crippen molar-refractivity contribution in [1.29, 1.82) is 0 Å². The number of rotatable bonds is 2. The molecule has 0 spiro atoms. The van der Waals surface area contributed by atoms with Crippen molar-refractivity contribution in [2.24, 2.45) is 0 Å². The molecule has 0 amide bonds. The van der Waals surface area contributed by atoms with Gasteiger partial charge in [0.15, 0.2) is 0 Å². The van der Waals surface area contributed by atoms with Crippen molar-refractivity contribution in [1.82, 2.24) is 4.31 Å². The maximum atomic E-state index is 10.4. The van der Waals surface area contributed by atoms with Gasteiger partial charge in [-0.1, -0.05) is 6.58 Å². The third-order valence-corrected chi connectivity index (χ3v) is 1.94. The summed E-state index contributed by atoms with van der Waals surface area (Å²) in [5.74, 6) is 0. The second-order valence-electron chi connectivity index (χ2n) is 1.31. The van der Waals surface area contributed by atoms with Crippen LogP contribution in [0, 0.1) is 7.05 Å². The number of nitrogens with zero attached hydrogens (tertiary/aromatic N) is 1. The SMILES string of the molecule is C=CS(=O)(=O)N([CH2-])C. The molecule has 0 radical (unpaired) electrons. The smallest absolute Gasteiger partial charge is 0.208 e. The van der Waals surface area contributed by atoms with E-state index in [2.05, 4.69) is 13.6 Å². The molecule has 0 unspecified atom stereocenters. The van der Waals surface area contributed by atoms with Crippen LogP contribution in [-0.4, -0.2) is 19.8 Å². The van der Waals surface area contributed by atoms with Crippen molar-refractivity contribution in [3.05, 3.63) is 19.0 Å². The highest BCUT2D eigenvalue weighted by Crippen LogP contribution is 1.93. The Bertz CT molecular complexity index is 168. The van der Waals surface area contributed by atoms with Crippen LogP contribution < -0.4 is 0 Å². The van der Waals surface area contributed by atoms with Gasteiger partial charge in [0, 0.05) is 5.41 Å². The molecule has 0 fully saturated rings. The zero-order valence-corrected chi connectivity index (χ0v) is 5.48. The third-order valence-electron chi connectivity index (χ3n) is 0.645. The molecule has 0 saturated carbocycles. The lowest BCUT2D eigenvalue weighted by Crippen LogP contribution is -2.16. The first-order valence-corrected chi connectivity index (χ1v) is 3.43. The molecular weight excluding hydrogens is 126 g/mol. The van der Waals surface area contributed by atoms with Crippen LogP contribution in [0.15, 0.2) is 12.0 Å². The first-order valence-electron chi connectivity index (χ1n) is 1.92. The summed E-state index contributed by atoms with van der Waals surface area (Å²) in [5.41, 5.74) is 0. The van der Waals surface area contributed by atoms with E-state index in [4.69, 9.17) is 0 Å². The summed E-state index contributed by atoms with van der Waals surface area (Å²) in [4.78, 5) is 0. The molecule has 0 aliphatic heterocycles.